The number of benzene rings is 2. The lowest BCUT2D eigenvalue weighted by Gasteiger charge is -2.33. The highest BCUT2D eigenvalue weighted by Crippen LogP contribution is 2.23. The van der Waals surface area contributed by atoms with Crippen LogP contribution < -0.4 is 15.2 Å². The molecule has 0 radical (unpaired) electrons. The first-order valence-electron chi connectivity index (χ1n) is 10.0. The second-order valence-corrected chi connectivity index (χ2v) is 8.29. The molecule has 3 rings (SSSR count). The predicted molar refractivity (Wildman–Crippen MR) is 113 cm³/mol. The number of carbonyl (C=O) groups is 1. The lowest BCUT2D eigenvalue weighted by Crippen LogP contribution is -2.44. The number of hydrogen-bond acceptors (Lipinski definition) is 5. The maximum Gasteiger partial charge on any atom is 0.410 e. The zero-order chi connectivity index (χ0) is 20.9. The lowest BCUT2D eigenvalue weighted by atomic mass is 10.1. The number of nitrogens with zero attached hydrogens (tertiary/aromatic N) is 1. The van der Waals surface area contributed by atoms with E-state index in [1.54, 1.807) is 4.90 Å². The van der Waals surface area contributed by atoms with E-state index in [9.17, 15) is 4.79 Å². The monoisotopic (exact) mass is 398 g/mol. The summed E-state index contributed by atoms with van der Waals surface area (Å²) in [5.74, 6) is 1.58. The Morgan fingerprint density at radius 3 is 2.34 bits per heavy atom. The second-order valence-electron chi connectivity index (χ2n) is 8.29. The average Bonchev–Trinajstić information content (AvgIpc) is 2.67. The van der Waals surface area contributed by atoms with Gasteiger partial charge in [-0.1, -0.05) is 12.1 Å². The van der Waals surface area contributed by atoms with Crippen molar-refractivity contribution in [2.45, 2.75) is 51.9 Å². The van der Waals surface area contributed by atoms with Crippen molar-refractivity contribution < 1.29 is 19.0 Å². The van der Waals surface area contributed by atoms with Crippen molar-refractivity contribution in [2.75, 3.05) is 18.8 Å². The number of piperidine rings is 1. The van der Waals surface area contributed by atoms with E-state index in [1.807, 2.05) is 69.3 Å². The van der Waals surface area contributed by atoms with Crippen LogP contribution in [0.25, 0.3) is 0 Å². The second kappa shape index (κ2) is 9.07. The lowest BCUT2D eigenvalue weighted by molar-refractivity contribution is 0.0126. The van der Waals surface area contributed by atoms with Crippen LogP contribution in [0.5, 0.6) is 11.5 Å². The summed E-state index contributed by atoms with van der Waals surface area (Å²) in [7, 11) is 0. The van der Waals surface area contributed by atoms with E-state index in [1.165, 1.54) is 0 Å². The van der Waals surface area contributed by atoms with Gasteiger partial charge < -0.3 is 24.8 Å². The molecule has 29 heavy (non-hydrogen) atoms. The molecule has 156 valence electrons. The van der Waals surface area contributed by atoms with Gasteiger partial charge in [0.25, 0.3) is 0 Å². The Balaban J connectivity index is 1.44. The summed E-state index contributed by atoms with van der Waals surface area (Å²) in [5, 5.41) is 0. The summed E-state index contributed by atoms with van der Waals surface area (Å²) in [6, 6.07) is 15.3. The summed E-state index contributed by atoms with van der Waals surface area (Å²) < 4.78 is 17.3. The van der Waals surface area contributed by atoms with Crippen molar-refractivity contribution in [1.82, 2.24) is 4.90 Å². The number of amides is 1. The Morgan fingerprint density at radius 2 is 1.72 bits per heavy atom. The first kappa shape index (κ1) is 20.8. The van der Waals surface area contributed by atoms with Gasteiger partial charge in [0.15, 0.2) is 0 Å². The predicted octanol–water partition coefficient (Wildman–Crippen LogP) is 4.63. The molecule has 6 heteroatoms. The molecule has 0 bridgehead atoms. The van der Waals surface area contributed by atoms with Gasteiger partial charge in [-0.05, 0) is 62.7 Å². The number of nitrogens with two attached hydrogens (primary N) is 1. The zero-order valence-corrected chi connectivity index (χ0v) is 17.4. The Bertz CT molecular complexity index is 806. The SMILES string of the molecule is CC(C)(C)OC(=O)N1CCC(Oc2ccc(OCc3cccc(N)c3)cc2)CC1. The largest absolute Gasteiger partial charge is 0.490 e. The molecule has 1 aliphatic heterocycles. The van der Waals surface area contributed by atoms with Crippen molar-refractivity contribution in [2.24, 2.45) is 0 Å². The number of ether oxygens (including phenoxy) is 3. The minimum atomic E-state index is -0.471. The van der Waals surface area contributed by atoms with Crippen molar-refractivity contribution in [1.29, 1.82) is 0 Å². The summed E-state index contributed by atoms with van der Waals surface area (Å²) in [4.78, 5) is 13.9. The van der Waals surface area contributed by atoms with Crippen LogP contribution in [-0.2, 0) is 11.3 Å². The third-order valence-electron chi connectivity index (χ3n) is 4.58. The highest BCUT2D eigenvalue weighted by Gasteiger charge is 2.27. The van der Waals surface area contributed by atoms with Crippen LogP contribution in [0.15, 0.2) is 48.5 Å². The summed E-state index contributed by atoms with van der Waals surface area (Å²) in [6.45, 7) is 7.38. The van der Waals surface area contributed by atoms with E-state index in [0.717, 1.165) is 35.6 Å². The zero-order valence-electron chi connectivity index (χ0n) is 17.4. The van der Waals surface area contributed by atoms with Crippen LogP contribution in [0.3, 0.4) is 0 Å². The quantitative estimate of drug-likeness (QED) is 0.744. The van der Waals surface area contributed by atoms with Gasteiger partial charge in [0.2, 0.25) is 0 Å². The fourth-order valence-electron chi connectivity index (χ4n) is 3.14. The molecule has 1 saturated heterocycles. The Morgan fingerprint density at radius 1 is 1.07 bits per heavy atom. The van der Waals surface area contributed by atoms with E-state index in [4.69, 9.17) is 19.9 Å². The first-order valence-corrected chi connectivity index (χ1v) is 10.0. The molecule has 2 N–H and O–H groups in total. The molecule has 1 heterocycles. The highest BCUT2D eigenvalue weighted by molar-refractivity contribution is 5.68. The van der Waals surface area contributed by atoms with E-state index in [-0.39, 0.29) is 12.2 Å². The molecular formula is C23H30N2O4. The Hall–Kier alpha value is -2.89. The summed E-state index contributed by atoms with van der Waals surface area (Å²) >= 11 is 0. The van der Waals surface area contributed by atoms with Crippen molar-refractivity contribution in [3.05, 3.63) is 54.1 Å². The summed E-state index contributed by atoms with van der Waals surface area (Å²) in [6.07, 6.45) is 1.41. The van der Waals surface area contributed by atoms with Crippen LogP contribution in [0.4, 0.5) is 10.5 Å². The highest BCUT2D eigenvalue weighted by atomic mass is 16.6. The third kappa shape index (κ3) is 6.59. The van der Waals surface area contributed by atoms with E-state index in [0.29, 0.717) is 19.7 Å². The van der Waals surface area contributed by atoms with Gasteiger partial charge in [-0.2, -0.15) is 0 Å². The van der Waals surface area contributed by atoms with Crippen LogP contribution in [0.1, 0.15) is 39.2 Å². The molecule has 0 saturated carbocycles. The number of likely N-dealkylation sites (tertiary alicyclic amines) is 1. The molecule has 6 nitrogen and oxygen atoms in total. The van der Waals surface area contributed by atoms with Gasteiger partial charge in [0.05, 0.1) is 0 Å². The van der Waals surface area contributed by atoms with Crippen LogP contribution >= 0.6 is 0 Å². The molecule has 0 aromatic heterocycles. The summed E-state index contributed by atoms with van der Waals surface area (Å²) in [5.41, 5.74) is 7.08. The fourth-order valence-corrected chi connectivity index (χ4v) is 3.14. The maximum absolute atomic E-state index is 12.1. The number of rotatable bonds is 5. The minimum Gasteiger partial charge on any atom is -0.490 e. The normalized spacial score (nSPS) is 15.1. The van der Waals surface area contributed by atoms with Crippen molar-refractivity contribution in [3.8, 4) is 11.5 Å². The molecule has 1 aliphatic rings. The van der Waals surface area contributed by atoms with Gasteiger partial charge in [-0.3, -0.25) is 0 Å². The number of hydrogen-bond donors (Lipinski definition) is 1. The fraction of sp³-hybridized carbons (Fsp3) is 0.435. The van der Waals surface area contributed by atoms with Gasteiger partial charge in [0, 0.05) is 31.6 Å². The molecule has 1 fully saturated rings. The number of anilines is 1. The minimum absolute atomic E-state index is 0.0905. The molecule has 0 spiro atoms. The van der Waals surface area contributed by atoms with E-state index < -0.39 is 5.60 Å². The Labute approximate surface area is 172 Å². The van der Waals surface area contributed by atoms with Crippen LogP contribution in [0.2, 0.25) is 0 Å². The van der Waals surface area contributed by atoms with Gasteiger partial charge in [-0.25, -0.2) is 4.79 Å². The van der Waals surface area contributed by atoms with Crippen molar-refractivity contribution >= 4 is 11.8 Å². The molecule has 0 unspecified atom stereocenters. The van der Waals surface area contributed by atoms with E-state index in [2.05, 4.69) is 0 Å². The topological polar surface area (TPSA) is 74.0 Å². The number of carbonyl (C=O) groups excluding carboxylic acids is 1. The van der Waals surface area contributed by atoms with E-state index >= 15 is 0 Å². The average molecular weight is 399 g/mol. The van der Waals surface area contributed by atoms with Crippen LogP contribution in [0, 0.1) is 0 Å². The molecule has 2 aromatic rings. The van der Waals surface area contributed by atoms with Gasteiger partial charge >= 0.3 is 6.09 Å². The molecule has 2 aromatic carbocycles. The van der Waals surface area contributed by atoms with Gasteiger partial charge in [-0.15, -0.1) is 0 Å². The third-order valence-corrected chi connectivity index (χ3v) is 4.58. The standard InChI is InChI=1S/C23H30N2O4/c1-23(2,3)29-22(26)25-13-11-21(12-14-25)28-20-9-7-19(8-10-20)27-16-17-5-4-6-18(24)15-17/h4-10,15,21H,11-14,16,24H2,1-3H3. The molecular weight excluding hydrogens is 368 g/mol. The maximum atomic E-state index is 12.1. The van der Waals surface area contributed by atoms with Crippen molar-refractivity contribution in [3.63, 3.8) is 0 Å². The first-order chi connectivity index (χ1) is 13.8. The molecule has 1 amide bonds. The number of nitrogen functional groups attached to an aromatic ring is 1. The molecule has 0 atom stereocenters. The smallest absolute Gasteiger partial charge is 0.410 e. The van der Waals surface area contributed by atoms with Gasteiger partial charge in [0.1, 0.15) is 29.8 Å². The molecule has 0 aliphatic carbocycles. The Kier molecular flexibility index (Phi) is 6.52. The van der Waals surface area contributed by atoms with Crippen LogP contribution in [-0.4, -0.2) is 35.8 Å².